The van der Waals surface area contributed by atoms with Crippen LogP contribution in [0.2, 0.25) is 0 Å². The number of piperidine rings is 1. The smallest absolute Gasteiger partial charge is 0.243 e. The molecule has 0 radical (unpaired) electrons. The van der Waals surface area contributed by atoms with Crippen molar-refractivity contribution in [2.24, 2.45) is 5.92 Å². The van der Waals surface area contributed by atoms with Crippen molar-refractivity contribution in [1.82, 2.24) is 14.5 Å². The molecular formula is C26H35N3O4S. The zero-order valence-electron chi connectivity index (χ0n) is 19.9. The summed E-state index contributed by atoms with van der Waals surface area (Å²) in [5.41, 5.74) is 2.58. The van der Waals surface area contributed by atoms with Crippen LogP contribution in [0.1, 0.15) is 36.8 Å². The monoisotopic (exact) mass is 485 g/mol. The lowest BCUT2D eigenvalue weighted by molar-refractivity contribution is -0.126. The van der Waals surface area contributed by atoms with Crippen LogP contribution < -0.4 is 10.1 Å². The van der Waals surface area contributed by atoms with Gasteiger partial charge in [0.1, 0.15) is 12.4 Å². The molecule has 2 heterocycles. The molecule has 7 nitrogen and oxygen atoms in total. The molecule has 2 aromatic rings. The molecule has 2 aliphatic heterocycles. The van der Waals surface area contributed by atoms with Gasteiger partial charge in [-0.3, -0.25) is 9.69 Å². The highest BCUT2D eigenvalue weighted by Gasteiger charge is 2.27. The molecule has 1 N–H and O–H groups in total. The van der Waals surface area contributed by atoms with Crippen LogP contribution in [0.25, 0.3) is 0 Å². The molecule has 0 atom stereocenters. The molecule has 2 aliphatic rings. The third-order valence-electron chi connectivity index (χ3n) is 6.68. The lowest BCUT2D eigenvalue weighted by atomic mass is 9.95. The van der Waals surface area contributed by atoms with Crippen LogP contribution in [-0.2, 0) is 21.4 Å². The standard InChI is InChI=1S/C26H35N3O4S/c1-21-4-6-22(7-5-21)20-28-17-12-23(13-18-28)26(30)27-14-19-33-24-8-10-25(11-9-24)34(31,32)29-15-2-3-16-29/h4-11,23H,2-3,12-20H2,1H3,(H,27,30). The third-order valence-corrected chi connectivity index (χ3v) is 8.59. The second kappa shape index (κ2) is 11.3. The van der Waals surface area contributed by atoms with Gasteiger partial charge >= 0.3 is 0 Å². The first-order chi connectivity index (χ1) is 16.4. The third kappa shape index (κ3) is 6.37. The van der Waals surface area contributed by atoms with E-state index in [-0.39, 0.29) is 11.8 Å². The first-order valence-corrected chi connectivity index (χ1v) is 13.6. The van der Waals surface area contributed by atoms with Gasteiger partial charge in [-0.1, -0.05) is 29.8 Å². The van der Waals surface area contributed by atoms with E-state index in [1.54, 1.807) is 24.3 Å². The number of amides is 1. The predicted molar refractivity (Wildman–Crippen MR) is 132 cm³/mol. The number of ether oxygens (including phenoxy) is 1. The fraction of sp³-hybridized carbons (Fsp3) is 0.500. The van der Waals surface area contributed by atoms with Crippen LogP contribution in [0.15, 0.2) is 53.4 Å². The van der Waals surface area contributed by atoms with Gasteiger partial charge in [0.2, 0.25) is 15.9 Å². The quantitative estimate of drug-likeness (QED) is 0.552. The minimum atomic E-state index is -3.41. The molecule has 0 unspecified atom stereocenters. The Labute approximate surface area is 203 Å². The molecule has 4 rings (SSSR count). The highest BCUT2D eigenvalue weighted by atomic mass is 32.2. The maximum atomic E-state index is 12.6. The van der Waals surface area contributed by atoms with E-state index in [9.17, 15) is 13.2 Å². The summed E-state index contributed by atoms with van der Waals surface area (Å²) in [4.78, 5) is 15.2. The van der Waals surface area contributed by atoms with Gasteiger partial charge in [0.05, 0.1) is 11.4 Å². The van der Waals surface area contributed by atoms with Crippen LogP contribution in [-0.4, -0.2) is 62.9 Å². The molecular weight excluding hydrogens is 450 g/mol. The Hall–Kier alpha value is -2.42. The molecule has 34 heavy (non-hydrogen) atoms. The van der Waals surface area contributed by atoms with Crippen LogP contribution in [0, 0.1) is 12.8 Å². The van der Waals surface area contributed by atoms with Gasteiger partial charge in [0, 0.05) is 25.6 Å². The summed E-state index contributed by atoms with van der Waals surface area (Å²) in [6.07, 6.45) is 3.56. The molecule has 8 heteroatoms. The van der Waals surface area contributed by atoms with E-state index in [4.69, 9.17) is 4.74 Å². The minimum absolute atomic E-state index is 0.0457. The van der Waals surface area contributed by atoms with Crippen molar-refractivity contribution in [3.05, 3.63) is 59.7 Å². The molecule has 0 aliphatic carbocycles. The van der Waals surface area contributed by atoms with Gasteiger partial charge in [-0.25, -0.2) is 8.42 Å². The van der Waals surface area contributed by atoms with Crippen molar-refractivity contribution in [1.29, 1.82) is 0 Å². The Bertz CT molecular complexity index is 1040. The normalized spacial score (nSPS) is 18.1. The molecule has 0 saturated carbocycles. The van der Waals surface area contributed by atoms with Gasteiger partial charge in [-0.05, 0) is 75.5 Å². The number of nitrogens with one attached hydrogen (secondary N) is 1. The zero-order chi connectivity index (χ0) is 24.0. The number of nitrogens with zero attached hydrogens (tertiary/aromatic N) is 2. The summed E-state index contributed by atoms with van der Waals surface area (Å²) in [6.45, 7) is 6.83. The van der Waals surface area contributed by atoms with Crippen molar-refractivity contribution in [2.45, 2.75) is 44.0 Å². The Kier molecular flexibility index (Phi) is 8.24. The SMILES string of the molecule is Cc1ccc(CN2CCC(C(=O)NCCOc3ccc(S(=O)(=O)N4CCCC4)cc3)CC2)cc1. The van der Waals surface area contributed by atoms with E-state index < -0.39 is 10.0 Å². The maximum Gasteiger partial charge on any atom is 0.243 e. The van der Waals surface area contributed by atoms with E-state index in [2.05, 4.69) is 41.4 Å². The molecule has 0 spiro atoms. The highest BCUT2D eigenvalue weighted by molar-refractivity contribution is 7.89. The van der Waals surface area contributed by atoms with Crippen molar-refractivity contribution in [2.75, 3.05) is 39.3 Å². The number of rotatable bonds is 9. The van der Waals surface area contributed by atoms with E-state index in [1.165, 1.54) is 15.4 Å². The fourth-order valence-electron chi connectivity index (χ4n) is 4.58. The number of likely N-dealkylation sites (tertiary alicyclic amines) is 1. The van der Waals surface area contributed by atoms with Crippen LogP contribution in [0.4, 0.5) is 0 Å². The number of carbonyl (C=O) groups is 1. The predicted octanol–water partition coefficient (Wildman–Crippen LogP) is 3.19. The number of aryl methyl sites for hydroxylation is 1. The molecule has 0 aromatic heterocycles. The first kappa shape index (κ1) is 24.7. The molecule has 0 bridgehead atoms. The molecule has 2 aromatic carbocycles. The Morgan fingerprint density at radius 3 is 2.26 bits per heavy atom. The Morgan fingerprint density at radius 1 is 0.971 bits per heavy atom. The van der Waals surface area contributed by atoms with E-state index in [0.717, 1.165) is 45.3 Å². The topological polar surface area (TPSA) is 79.0 Å². The van der Waals surface area contributed by atoms with Crippen LogP contribution in [0.5, 0.6) is 5.75 Å². The summed E-state index contributed by atoms with van der Waals surface area (Å²) in [5.74, 6) is 0.731. The Balaban J connectivity index is 1.14. The van der Waals surface area contributed by atoms with E-state index >= 15 is 0 Å². The largest absolute Gasteiger partial charge is 0.492 e. The summed E-state index contributed by atoms with van der Waals surface area (Å²) in [7, 11) is -3.41. The molecule has 2 saturated heterocycles. The van der Waals surface area contributed by atoms with Crippen LogP contribution >= 0.6 is 0 Å². The first-order valence-electron chi connectivity index (χ1n) is 12.2. The minimum Gasteiger partial charge on any atom is -0.492 e. The number of hydrogen-bond acceptors (Lipinski definition) is 5. The average Bonchev–Trinajstić information content (AvgIpc) is 3.40. The second-order valence-electron chi connectivity index (χ2n) is 9.26. The second-order valence-corrected chi connectivity index (χ2v) is 11.2. The summed E-state index contributed by atoms with van der Waals surface area (Å²) in [6, 6.07) is 15.2. The van der Waals surface area contributed by atoms with Crippen LogP contribution in [0.3, 0.4) is 0 Å². The Morgan fingerprint density at radius 2 is 1.62 bits per heavy atom. The van der Waals surface area contributed by atoms with Crippen molar-refractivity contribution in [3.8, 4) is 5.75 Å². The van der Waals surface area contributed by atoms with Gasteiger partial charge < -0.3 is 10.1 Å². The highest BCUT2D eigenvalue weighted by Crippen LogP contribution is 2.23. The van der Waals surface area contributed by atoms with Crippen molar-refractivity contribution in [3.63, 3.8) is 0 Å². The van der Waals surface area contributed by atoms with E-state index in [1.807, 2.05) is 0 Å². The van der Waals surface area contributed by atoms with Gasteiger partial charge in [-0.2, -0.15) is 4.31 Å². The number of carbonyl (C=O) groups excluding carboxylic acids is 1. The molecule has 184 valence electrons. The summed E-state index contributed by atoms with van der Waals surface area (Å²) < 4.78 is 32.4. The van der Waals surface area contributed by atoms with Gasteiger partial charge in [0.25, 0.3) is 0 Å². The van der Waals surface area contributed by atoms with Crippen molar-refractivity contribution < 1.29 is 17.9 Å². The number of benzene rings is 2. The maximum absolute atomic E-state index is 12.6. The lowest BCUT2D eigenvalue weighted by Crippen LogP contribution is -2.41. The average molecular weight is 486 g/mol. The summed E-state index contributed by atoms with van der Waals surface area (Å²) >= 11 is 0. The van der Waals surface area contributed by atoms with Crippen molar-refractivity contribution >= 4 is 15.9 Å². The zero-order valence-corrected chi connectivity index (χ0v) is 20.7. The van der Waals surface area contributed by atoms with E-state index in [0.29, 0.717) is 36.9 Å². The fourth-order valence-corrected chi connectivity index (χ4v) is 6.09. The number of sulfonamides is 1. The number of hydrogen-bond donors (Lipinski definition) is 1. The molecule has 1 amide bonds. The lowest BCUT2D eigenvalue weighted by Gasteiger charge is -2.31. The molecule has 2 fully saturated rings. The van der Waals surface area contributed by atoms with Gasteiger partial charge in [-0.15, -0.1) is 0 Å². The summed E-state index contributed by atoms with van der Waals surface area (Å²) in [5, 5.41) is 2.98. The van der Waals surface area contributed by atoms with Gasteiger partial charge in [0.15, 0.2) is 0 Å².